The average molecular weight is 364 g/mol. The Balaban J connectivity index is 1.96. The molecule has 0 saturated carbocycles. The molecule has 4 unspecified atom stereocenters. The summed E-state index contributed by atoms with van der Waals surface area (Å²) in [7, 11) is 1.60. The lowest BCUT2D eigenvalue weighted by Gasteiger charge is -2.41. The van der Waals surface area contributed by atoms with Crippen molar-refractivity contribution in [2.24, 2.45) is 5.92 Å². The highest BCUT2D eigenvalue weighted by molar-refractivity contribution is 5.82. The molecule has 1 aromatic carbocycles. The monoisotopic (exact) mass is 364 g/mol. The van der Waals surface area contributed by atoms with Gasteiger partial charge in [-0.05, 0) is 37.5 Å². The molecule has 2 N–H and O–H groups in total. The largest absolute Gasteiger partial charge is 0.497 e. The summed E-state index contributed by atoms with van der Waals surface area (Å²) in [4.78, 5) is 15.0. The third kappa shape index (κ3) is 5.43. The lowest BCUT2D eigenvalue weighted by Crippen LogP contribution is -2.57. The maximum absolute atomic E-state index is 12.8. The van der Waals surface area contributed by atoms with Gasteiger partial charge in [0.15, 0.2) is 0 Å². The van der Waals surface area contributed by atoms with E-state index >= 15 is 0 Å². The number of rotatable bonds is 7. The van der Waals surface area contributed by atoms with Crippen LogP contribution < -0.4 is 10.1 Å². The highest BCUT2D eigenvalue weighted by Gasteiger charge is 2.34. The number of aliphatic hydroxyl groups is 1. The van der Waals surface area contributed by atoms with Crippen LogP contribution in [0.25, 0.3) is 0 Å². The Hall–Kier alpha value is -1.63. The van der Waals surface area contributed by atoms with E-state index in [4.69, 9.17) is 9.47 Å². The van der Waals surface area contributed by atoms with Gasteiger partial charge in [0.2, 0.25) is 5.91 Å². The number of hydrogen-bond acceptors (Lipinski definition) is 5. The lowest BCUT2D eigenvalue weighted by atomic mass is 9.99. The molecule has 1 aliphatic rings. The van der Waals surface area contributed by atoms with Crippen molar-refractivity contribution >= 4 is 5.91 Å². The molecule has 1 fully saturated rings. The van der Waals surface area contributed by atoms with Crippen LogP contribution in [-0.4, -0.2) is 60.9 Å². The summed E-state index contributed by atoms with van der Waals surface area (Å²) in [6.45, 7) is 9.83. The molecule has 0 bridgehead atoms. The van der Waals surface area contributed by atoms with Gasteiger partial charge in [0.25, 0.3) is 0 Å². The molecule has 1 saturated heterocycles. The van der Waals surface area contributed by atoms with E-state index in [1.54, 1.807) is 31.4 Å². The maximum Gasteiger partial charge on any atom is 0.237 e. The van der Waals surface area contributed by atoms with E-state index in [9.17, 15) is 9.90 Å². The van der Waals surface area contributed by atoms with Gasteiger partial charge in [-0.25, -0.2) is 0 Å². The fraction of sp³-hybridized carbons (Fsp3) is 0.650. The Bertz CT molecular complexity index is 566. The number of nitrogens with zero attached hydrogens (tertiary/aromatic N) is 1. The number of carbonyl (C=O) groups is 1. The molecule has 4 atom stereocenters. The standard InChI is InChI=1S/C20H32N2O4/c1-13(2)19(22-11-14(3)26-15(4)12-22)20(24)21-10-18(23)16-6-8-17(25-5)9-7-16/h6-9,13-15,18-19,23H,10-12H2,1-5H3,(H,21,24). The van der Waals surface area contributed by atoms with Gasteiger partial charge in [0.1, 0.15) is 5.75 Å². The van der Waals surface area contributed by atoms with Gasteiger partial charge in [0.05, 0.1) is 31.5 Å². The van der Waals surface area contributed by atoms with E-state index < -0.39 is 6.10 Å². The first-order valence-corrected chi connectivity index (χ1v) is 9.31. The van der Waals surface area contributed by atoms with Gasteiger partial charge < -0.3 is 19.9 Å². The topological polar surface area (TPSA) is 71.0 Å². The number of methoxy groups -OCH3 is 1. The number of hydrogen-bond donors (Lipinski definition) is 2. The molecule has 146 valence electrons. The van der Waals surface area contributed by atoms with Crippen molar-refractivity contribution in [2.45, 2.75) is 52.0 Å². The molecule has 1 amide bonds. The lowest BCUT2D eigenvalue weighted by molar-refractivity contribution is -0.135. The first-order valence-electron chi connectivity index (χ1n) is 9.31. The van der Waals surface area contributed by atoms with E-state index in [1.807, 2.05) is 13.8 Å². The Morgan fingerprint density at radius 2 is 1.85 bits per heavy atom. The third-order valence-corrected chi connectivity index (χ3v) is 4.71. The summed E-state index contributed by atoms with van der Waals surface area (Å²) in [6.07, 6.45) is -0.532. The molecule has 26 heavy (non-hydrogen) atoms. The number of carbonyl (C=O) groups excluding carboxylic acids is 1. The van der Waals surface area contributed by atoms with Gasteiger partial charge in [-0.15, -0.1) is 0 Å². The zero-order valence-corrected chi connectivity index (χ0v) is 16.4. The van der Waals surface area contributed by atoms with Crippen molar-refractivity contribution < 1.29 is 19.4 Å². The van der Waals surface area contributed by atoms with Crippen molar-refractivity contribution in [2.75, 3.05) is 26.7 Å². The second-order valence-corrected chi connectivity index (χ2v) is 7.43. The Morgan fingerprint density at radius 3 is 2.35 bits per heavy atom. The van der Waals surface area contributed by atoms with Gasteiger partial charge in [-0.3, -0.25) is 9.69 Å². The summed E-state index contributed by atoms with van der Waals surface area (Å²) in [5.41, 5.74) is 0.751. The molecule has 1 aliphatic heterocycles. The quantitative estimate of drug-likeness (QED) is 0.774. The second-order valence-electron chi connectivity index (χ2n) is 7.43. The van der Waals surface area contributed by atoms with Crippen LogP contribution in [0, 0.1) is 5.92 Å². The van der Waals surface area contributed by atoms with Crippen LogP contribution in [0.2, 0.25) is 0 Å². The van der Waals surface area contributed by atoms with Crippen LogP contribution in [0.15, 0.2) is 24.3 Å². The highest BCUT2D eigenvalue weighted by Crippen LogP contribution is 2.20. The molecule has 0 aliphatic carbocycles. The molecule has 2 rings (SSSR count). The van der Waals surface area contributed by atoms with Crippen LogP contribution in [0.1, 0.15) is 39.4 Å². The zero-order valence-electron chi connectivity index (χ0n) is 16.4. The van der Waals surface area contributed by atoms with E-state index in [-0.39, 0.29) is 36.6 Å². The number of ether oxygens (including phenoxy) is 2. The number of morpholine rings is 1. The zero-order chi connectivity index (χ0) is 19.3. The van der Waals surface area contributed by atoms with E-state index in [0.717, 1.165) is 24.4 Å². The van der Waals surface area contributed by atoms with Crippen molar-refractivity contribution in [1.82, 2.24) is 10.2 Å². The van der Waals surface area contributed by atoms with E-state index in [0.29, 0.717) is 0 Å². The molecule has 1 heterocycles. The van der Waals surface area contributed by atoms with Crippen LogP contribution >= 0.6 is 0 Å². The fourth-order valence-electron chi connectivity index (χ4n) is 3.58. The summed E-state index contributed by atoms with van der Waals surface area (Å²) in [5, 5.41) is 13.3. The van der Waals surface area contributed by atoms with Crippen LogP contribution in [-0.2, 0) is 9.53 Å². The van der Waals surface area contributed by atoms with Crippen molar-refractivity contribution in [3.8, 4) is 5.75 Å². The Morgan fingerprint density at radius 1 is 1.27 bits per heavy atom. The minimum atomic E-state index is -0.750. The Labute approximate surface area is 156 Å². The Kier molecular flexibility index (Phi) is 7.43. The van der Waals surface area contributed by atoms with Gasteiger partial charge >= 0.3 is 0 Å². The molecule has 6 heteroatoms. The summed E-state index contributed by atoms with van der Waals surface area (Å²) in [5.74, 6) is 0.861. The summed E-state index contributed by atoms with van der Waals surface area (Å²) >= 11 is 0. The first-order chi connectivity index (χ1) is 12.3. The first kappa shape index (κ1) is 20.7. The van der Waals surface area contributed by atoms with Crippen molar-refractivity contribution in [1.29, 1.82) is 0 Å². The van der Waals surface area contributed by atoms with Crippen LogP contribution in [0.4, 0.5) is 0 Å². The predicted octanol–water partition coefficient (Wildman–Crippen LogP) is 1.98. The average Bonchev–Trinajstić information content (AvgIpc) is 2.58. The fourth-order valence-corrected chi connectivity index (χ4v) is 3.58. The predicted molar refractivity (Wildman–Crippen MR) is 101 cm³/mol. The maximum atomic E-state index is 12.8. The highest BCUT2D eigenvalue weighted by atomic mass is 16.5. The van der Waals surface area contributed by atoms with Crippen molar-refractivity contribution in [3.63, 3.8) is 0 Å². The number of amides is 1. The van der Waals surface area contributed by atoms with Gasteiger partial charge in [0, 0.05) is 19.6 Å². The van der Waals surface area contributed by atoms with E-state index in [1.165, 1.54) is 0 Å². The summed E-state index contributed by atoms with van der Waals surface area (Å²) < 4.78 is 10.9. The molecular weight excluding hydrogens is 332 g/mol. The molecule has 1 aromatic rings. The van der Waals surface area contributed by atoms with Crippen LogP contribution in [0.5, 0.6) is 5.75 Å². The molecule has 0 radical (unpaired) electrons. The number of benzene rings is 1. The normalized spacial score (nSPS) is 23.5. The van der Waals surface area contributed by atoms with Gasteiger partial charge in [-0.1, -0.05) is 26.0 Å². The third-order valence-electron chi connectivity index (χ3n) is 4.71. The number of aliphatic hydroxyl groups excluding tert-OH is 1. The van der Waals surface area contributed by atoms with Gasteiger partial charge in [-0.2, -0.15) is 0 Å². The van der Waals surface area contributed by atoms with Crippen LogP contribution in [0.3, 0.4) is 0 Å². The second kappa shape index (κ2) is 9.35. The molecule has 0 spiro atoms. The minimum absolute atomic E-state index is 0.0474. The number of nitrogens with one attached hydrogen (secondary N) is 1. The van der Waals surface area contributed by atoms with E-state index in [2.05, 4.69) is 24.1 Å². The summed E-state index contributed by atoms with van der Waals surface area (Å²) in [6, 6.07) is 6.98. The molecule has 0 aromatic heterocycles. The van der Waals surface area contributed by atoms with Crippen molar-refractivity contribution in [3.05, 3.63) is 29.8 Å². The smallest absolute Gasteiger partial charge is 0.237 e. The molecule has 6 nitrogen and oxygen atoms in total. The molecular formula is C20H32N2O4. The minimum Gasteiger partial charge on any atom is -0.497 e. The SMILES string of the molecule is COc1ccc(C(O)CNC(=O)C(C(C)C)N2CC(C)OC(C)C2)cc1.